The summed E-state index contributed by atoms with van der Waals surface area (Å²) in [6, 6.07) is 5.44. The summed E-state index contributed by atoms with van der Waals surface area (Å²) in [7, 11) is 0. The number of pyridine rings is 1. The minimum atomic E-state index is -0.272. The van der Waals surface area contributed by atoms with Crippen molar-refractivity contribution in [1.29, 1.82) is 0 Å². The van der Waals surface area contributed by atoms with Crippen molar-refractivity contribution < 1.29 is 9.53 Å². The summed E-state index contributed by atoms with van der Waals surface area (Å²) in [5.41, 5.74) is 0.167. The van der Waals surface area contributed by atoms with E-state index in [9.17, 15) is 4.79 Å². The van der Waals surface area contributed by atoms with E-state index >= 15 is 0 Å². The molecule has 0 radical (unpaired) electrons. The minimum Gasteiger partial charge on any atom is -0.379 e. The van der Waals surface area contributed by atoms with Gasteiger partial charge in [0.15, 0.2) is 0 Å². The molecule has 2 rings (SSSR count). The first-order valence-corrected chi connectivity index (χ1v) is 6.74. The lowest BCUT2D eigenvalue weighted by atomic mass is 10.0. The second kappa shape index (κ2) is 6.02. The Balaban J connectivity index is 2.02. The first-order valence-electron chi connectivity index (χ1n) is 6.74. The summed E-state index contributed by atoms with van der Waals surface area (Å²) in [5.74, 6) is 0.593. The van der Waals surface area contributed by atoms with Crippen molar-refractivity contribution in [2.75, 3.05) is 25.1 Å². The molecule has 5 nitrogen and oxygen atoms in total. The monoisotopic (exact) mass is 263 g/mol. The quantitative estimate of drug-likeness (QED) is 0.850. The highest BCUT2D eigenvalue weighted by molar-refractivity contribution is 5.93. The molecule has 1 aromatic rings. The van der Waals surface area contributed by atoms with Crippen LogP contribution in [0.25, 0.3) is 0 Å². The first-order chi connectivity index (χ1) is 9.13. The van der Waals surface area contributed by atoms with Crippen LogP contribution in [-0.4, -0.2) is 36.2 Å². The van der Waals surface area contributed by atoms with Gasteiger partial charge in [-0.2, -0.15) is 0 Å². The molecule has 104 valence electrons. The van der Waals surface area contributed by atoms with E-state index in [4.69, 9.17) is 4.74 Å². The van der Waals surface area contributed by atoms with Gasteiger partial charge in [0, 0.05) is 13.2 Å². The SMILES string of the molecule is CCCNc1cccc(C(=O)NC2(C)CCOC2)n1. The number of hydrogen-bond donors (Lipinski definition) is 2. The zero-order valence-corrected chi connectivity index (χ0v) is 11.5. The van der Waals surface area contributed by atoms with E-state index in [0.717, 1.165) is 25.2 Å². The standard InChI is InChI=1S/C14H21N3O2/c1-3-8-15-12-6-4-5-11(16-12)13(18)17-14(2)7-9-19-10-14/h4-6H,3,7-10H2,1-2H3,(H,15,16)(H,17,18). The Morgan fingerprint density at radius 2 is 2.37 bits per heavy atom. The number of ether oxygens (including phenoxy) is 1. The fraction of sp³-hybridized carbons (Fsp3) is 0.571. The molecular weight excluding hydrogens is 242 g/mol. The van der Waals surface area contributed by atoms with Crippen molar-refractivity contribution in [3.63, 3.8) is 0 Å². The largest absolute Gasteiger partial charge is 0.379 e. The number of carbonyl (C=O) groups is 1. The van der Waals surface area contributed by atoms with Crippen molar-refractivity contribution in [3.8, 4) is 0 Å². The number of amides is 1. The smallest absolute Gasteiger partial charge is 0.270 e. The van der Waals surface area contributed by atoms with E-state index < -0.39 is 0 Å². The molecule has 0 saturated carbocycles. The normalized spacial score (nSPS) is 22.2. The highest BCUT2D eigenvalue weighted by Gasteiger charge is 2.31. The molecule has 19 heavy (non-hydrogen) atoms. The summed E-state index contributed by atoms with van der Waals surface area (Å²) in [5, 5.41) is 6.18. The Labute approximate surface area is 113 Å². The molecule has 1 unspecified atom stereocenters. The molecule has 0 aromatic carbocycles. The molecule has 1 aliphatic rings. The predicted octanol–water partition coefficient (Wildman–Crippen LogP) is 1.81. The van der Waals surface area contributed by atoms with Gasteiger partial charge in [-0.05, 0) is 31.9 Å². The Kier molecular flexibility index (Phi) is 4.37. The molecular formula is C14H21N3O2. The average Bonchev–Trinajstić information content (AvgIpc) is 2.83. The van der Waals surface area contributed by atoms with E-state index in [1.807, 2.05) is 19.1 Å². The van der Waals surface area contributed by atoms with E-state index in [1.165, 1.54) is 0 Å². The molecule has 1 amide bonds. The lowest BCUT2D eigenvalue weighted by Crippen LogP contribution is -2.46. The first kappa shape index (κ1) is 13.8. The van der Waals surface area contributed by atoms with Gasteiger partial charge >= 0.3 is 0 Å². The van der Waals surface area contributed by atoms with Crippen molar-refractivity contribution in [2.24, 2.45) is 0 Å². The number of rotatable bonds is 5. The third-order valence-corrected chi connectivity index (χ3v) is 3.17. The van der Waals surface area contributed by atoms with Gasteiger partial charge in [-0.25, -0.2) is 4.98 Å². The van der Waals surface area contributed by atoms with Crippen LogP contribution in [0.3, 0.4) is 0 Å². The number of carbonyl (C=O) groups excluding carboxylic acids is 1. The number of anilines is 1. The highest BCUT2D eigenvalue weighted by atomic mass is 16.5. The Bertz CT molecular complexity index is 442. The van der Waals surface area contributed by atoms with Crippen LogP contribution in [0, 0.1) is 0 Å². The number of aromatic nitrogens is 1. The molecule has 1 atom stereocenters. The van der Waals surface area contributed by atoms with Crippen LogP contribution in [0.15, 0.2) is 18.2 Å². The molecule has 0 aliphatic carbocycles. The van der Waals surface area contributed by atoms with Crippen LogP contribution < -0.4 is 10.6 Å². The number of nitrogens with one attached hydrogen (secondary N) is 2. The van der Waals surface area contributed by atoms with Gasteiger partial charge in [0.05, 0.1) is 12.1 Å². The molecule has 1 fully saturated rings. The second-order valence-electron chi connectivity index (χ2n) is 5.15. The van der Waals surface area contributed by atoms with Gasteiger partial charge in [0.1, 0.15) is 11.5 Å². The zero-order valence-electron chi connectivity index (χ0n) is 11.5. The van der Waals surface area contributed by atoms with E-state index in [-0.39, 0.29) is 11.4 Å². The summed E-state index contributed by atoms with van der Waals surface area (Å²) in [4.78, 5) is 16.5. The van der Waals surface area contributed by atoms with Gasteiger partial charge in [0.25, 0.3) is 5.91 Å². The molecule has 1 aliphatic heterocycles. The Morgan fingerprint density at radius 3 is 3.05 bits per heavy atom. The molecule has 0 bridgehead atoms. The van der Waals surface area contributed by atoms with Crippen molar-refractivity contribution in [3.05, 3.63) is 23.9 Å². The fourth-order valence-electron chi connectivity index (χ4n) is 2.02. The highest BCUT2D eigenvalue weighted by Crippen LogP contribution is 2.18. The number of nitrogens with zero attached hydrogens (tertiary/aromatic N) is 1. The van der Waals surface area contributed by atoms with Crippen molar-refractivity contribution >= 4 is 11.7 Å². The van der Waals surface area contributed by atoms with E-state index in [2.05, 4.69) is 22.5 Å². The van der Waals surface area contributed by atoms with Crippen LogP contribution >= 0.6 is 0 Å². The van der Waals surface area contributed by atoms with Crippen molar-refractivity contribution in [2.45, 2.75) is 32.2 Å². The Hall–Kier alpha value is -1.62. The minimum absolute atomic E-state index is 0.145. The molecule has 1 saturated heterocycles. The third-order valence-electron chi connectivity index (χ3n) is 3.17. The van der Waals surface area contributed by atoms with Gasteiger partial charge < -0.3 is 15.4 Å². The topological polar surface area (TPSA) is 63.2 Å². The molecule has 2 N–H and O–H groups in total. The average molecular weight is 263 g/mol. The van der Waals surface area contributed by atoms with Crippen LogP contribution in [0.5, 0.6) is 0 Å². The van der Waals surface area contributed by atoms with Gasteiger partial charge in [-0.1, -0.05) is 13.0 Å². The van der Waals surface area contributed by atoms with Crippen LogP contribution in [0.4, 0.5) is 5.82 Å². The summed E-state index contributed by atoms with van der Waals surface area (Å²) < 4.78 is 5.33. The lowest BCUT2D eigenvalue weighted by molar-refractivity contribution is 0.0885. The van der Waals surface area contributed by atoms with E-state index in [1.54, 1.807) is 6.07 Å². The summed E-state index contributed by atoms with van der Waals surface area (Å²) >= 11 is 0. The fourth-order valence-corrected chi connectivity index (χ4v) is 2.02. The molecule has 5 heteroatoms. The molecule has 1 aromatic heterocycles. The van der Waals surface area contributed by atoms with Gasteiger partial charge in [0.2, 0.25) is 0 Å². The van der Waals surface area contributed by atoms with Crippen LogP contribution in [-0.2, 0) is 4.74 Å². The van der Waals surface area contributed by atoms with Crippen LogP contribution in [0.1, 0.15) is 37.2 Å². The predicted molar refractivity (Wildman–Crippen MR) is 74.3 cm³/mol. The maximum Gasteiger partial charge on any atom is 0.270 e. The zero-order chi connectivity index (χ0) is 13.7. The summed E-state index contributed by atoms with van der Waals surface area (Å²) in [6.45, 7) is 6.19. The third kappa shape index (κ3) is 3.67. The van der Waals surface area contributed by atoms with Gasteiger partial charge in [-0.3, -0.25) is 4.79 Å². The maximum atomic E-state index is 12.2. The number of hydrogen-bond acceptors (Lipinski definition) is 4. The van der Waals surface area contributed by atoms with Gasteiger partial charge in [-0.15, -0.1) is 0 Å². The Morgan fingerprint density at radius 1 is 1.53 bits per heavy atom. The molecule has 2 heterocycles. The lowest BCUT2D eigenvalue weighted by Gasteiger charge is -2.23. The van der Waals surface area contributed by atoms with Crippen LogP contribution in [0.2, 0.25) is 0 Å². The van der Waals surface area contributed by atoms with E-state index in [0.29, 0.717) is 18.9 Å². The second-order valence-corrected chi connectivity index (χ2v) is 5.15. The maximum absolute atomic E-state index is 12.2. The van der Waals surface area contributed by atoms with Crippen molar-refractivity contribution in [1.82, 2.24) is 10.3 Å². The summed E-state index contributed by atoms with van der Waals surface area (Å²) in [6.07, 6.45) is 1.86. The molecule has 0 spiro atoms.